The molecule has 2 unspecified atom stereocenters. The first-order valence-electron chi connectivity index (χ1n) is 5.22. The third-order valence-corrected chi connectivity index (χ3v) is 3.02. The predicted octanol–water partition coefficient (Wildman–Crippen LogP) is 0.763. The molecule has 0 aromatic carbocycles. The lowest BCUT2D eigenvalue weighted by Crippen LogP contribution is -2.48. The number of likely N-dealkylation sites (tertiary alicyclic amines) is 1. The molecule has 14 heavy (non-hydrogen) atoms. The van der Waals surface area contributed by atoms with E-state index >= 15 is 0 Å². The first-order valence-corrected chi connectivity index (χ1v) is 5.85. The highest BCUT2D eigenvalue weighted by Gasteiger charge is 2.24. The maximum atomic E-state index is 11.4. The van der Waals surface area contributed by atoms with Crippen LogP contribution in [-0.2, 0) is 4.79 Å². The van der Waals surface area contributed by atoms with E-state index in [9.17, 15) is 4.79 Å². The second-order valence-electron chi connectivity index (χ2n) is 4.18. The van der Waals surface area contributed by atoms with Crippen molar-refractivity contribution < 1.29 is 4.79 Å². The second-order valence-corrected chi connectivity index (χ2v) is 4.62. The van der Waals surface area contributed by atoms with E-state index in [-0.39, 0.29) is 5.91 Å². The van der Waals surface area contributed by atoms with Gasteiger partial charge in [0, 0.05) is 19.0 Å². The summed E-state index contributed by atoms with van der Waals surface area (Å²) in [6.07, 6.45) is 1.60. The van der Waals surface area contributed by atoms with Gasteiger partial charge in [-0.1, -0.05) is 6.92 Å². The topological polar surface area (TPSA) is 32.3 Å². The van der Waals surface area contributed by atoms with E-state index in [1.807, 2.05) is 0 Å². The Bertz CT molecular complexity index is 199. The Morgan fingerprint density at radius 3 is 2.93 bits per heavy atom. The fourth-order valence-corrected chi connectivity index (χ4v) is 2.15. The molecule has 1 aliphatic rings. The SMILES string of the molecule is CC1CN(C)CCC1NC(=O)CCS. The number of amides is 1. The molecule has 1 amide bonds. The van der Waals surface area contributed by atoms with Crippen molar-refractivity contribution in [3.8, 4) is 0 Å². The molecule has 0 saturated carbocycles. The van der Waals surface area contributed by atoms with E-state index in [1.165, 1.54) is 0 Å². The van der Waals surface area contributed by atoms with Crippen molar-refractivity contribution in [3.63, 3.8) is 0 Å². The number of carbonyl (C=O) groups excluding carboxylic acids is 1. The van der Waals surface area contributed by atoms with Crippen molar-refractivity contribution in [2.24, 2.45) is 5.92 Å². The molecular weight excluding hydrogens is 196 g/mol. The van der Waals surface area contributed by atoms with E-state index < -0.39 is 0 Å². The first kappa shape index (κ1) is 11.9. The molecule has 0 aromatic heterocycles. The largest absolute Gasteiger partial charge is 0.353 e. The van der Waals surface area contributed by atoms with Crippen LogP contribution in [0.15, 0.2) is 0 Å². The lowest BCUT2D eigenvalue weighted by atomic mass is 9.94. The maximum Gasteiger partial charge on any atom is 0.221 e. The minimum Gasteiger partial charge on any atom is -0.353 e. The Morgan fingerprint density at radius 2 is 2.36 bits per heavy atom. The average Bonchev–Trinajstić information content (AvgIpc) is 2.10. The van der Waals surface area contributed by atoms with Gasteiger partial charge in [0.2, 0.25) is 5.91 Å². The van der Waals surface area contributed by atoms with Gasteiger partial charge in [-0.15, -0.1) is 0 Å². The van der Waals surface area contributed by atoms with Crippen molar-refractivity contribution in [2.45, 2.75) is 25.8 Å². The van der Waals surface area contributed by atoms with Crippen LogP contribution in [0, 0.1) is 5.92 Å². The van der Waals surface area contributed by atoms with E-state index in [1.54, 1.807) is 0 Å². The van der Waals surface area contributed by atoms with Crippen LogP contribution in [0.1, 0.15) is 19.8 Å². The number of piperidine rings is 1. The van der Waals surface area contributed by atoms with Crippen molar-refractivity contribution in [1.29, 1.82) is 0 Å². The highest BCUT2D eigenvalue weighted by Crippen LogP contribution is 2.15. The third kappa shape index (κ3) is 3.50. The third-order valence-electron chi connectivity index (χ3n) is 2.79. The smallest absolute Gasteiger partial charge is 0.221 e. The van der Waals surface area contributed by atoms with E-state index in [0.717, 1.165) is 19.5 Å². The molecule has 0 bridgehead atoms. The van der Waals surface area contributed by atoms with Crippen molar-refractivity contribution in [3.05, 3.63) is 0 Å². The number of carbonyl (C=O) groups is 1. The van der Waals surface area contributed by atoms with Gasteiger partial charge in [0.25, 0.3) is 0 Å². The number of nitrogens with zero attached hydrogens (tertiary/aromatic N) is 1. The van der Waals surface area contributed by atoms with Crippen LogP contribution in [-0.4, -0.2) is 42.7 Å². The zero-order valence-corrected chi connectivity index (χ0v) is 9.89. The molecule has 0 radical (unpaired) electrons. The number of hydrogen-bond acceptors (Lipinski definition) is 3. The molecule has 1 aliphatic heterocycles. The fraction of sp³-hybridized carbons (Fsp3) is 0.900. The summed E-state index contributed by atoms with van der Waals surface area (Å²) in [5.41, 5.74) is 0. The summed E-state index contributed by atoms with van der Waals surface area (Å²) in [5.74, 6) is 1.33. The van der Waals surface area contributed by atoms with Crippen LogP contribution in [0.25, 0.3) is 0 Å². The number of rotatable bonds is 3. The molecular formula is C10H20N2OS. The Labute approximate surface area is 91.6 Å². The molecule has 0 aromatic rings. The number of thiol groups is 1. The lowest BCUT2D eigenvalue weighted by Gasteiger charge is -2.35. The predicted molar refractivity (Wildman–Crippen MR) is 61.7 cm³/mol. The fourth-order valence-electron chi connectivity index (χ4n) is 1.95. The highest BCUT2D eigenvalue weighted by molar-refractivity contribution is 7.80. The Morgan fingerprint density at radius 1 is 1.64 bits per heavy atom. The molecule has 1 rings (SSSR count). The molecule has 1 saturated heterocycles. The minimum atomic E-state index is 0.140. The van der Waals surface area contributed by atoms with Gasteiger partial charge in [0.05, 0.1) is 0 Å². The van der Waals surface area contributed by atoms with Crippen molar-refractivity contribution >= 4 is 18.5 Å². The van der Waals surface area contributed by atoms with Crippen LogP contribution in [0.5, 0.6) is 0 Å². The zero-order chi connectivity index (χ0) is 10.6. The standard InChI is InChI=1S/C10H20N2OS/c1-8-7-12(2)5-3-9(8)11-10(13)4-6-14/h8-9,14H,3-7H2,1-2H3,(H,11,13). The second kappa shape index (κ2) is 5.61. The lowest BCUT2D eigenvalue weighted by molar-refractivity contribution is -0.122. The molecule has 4 heteroatoms. The minimum absolute atomic E-state index is 0.140. The molecule has 3 nitrogen and oxygen atoms in total. The molecule has 82 valence electrons. The van der Waals surface area contributed by atoms with Crippen LogP contribution < -0.4 is 5.32 Å². The molecule has 1 fully saturated rings. The Hall–Kier alpha value is -0.220. The van der Waals surface area contributed by atoms with Gasteiger partial charge in [0.1, 0.15) is 0 Å². The van der Waals surface area contributed by atoms with Crippen molar-refractivity contribution in [1.82, 2.24) is 10.2 Å². The quantitative estimate of drug-likeness (QED) is 0.683. The summed E-state index contributed by atoms with van der Waals surface area (Å²) < 4.78 is 0. The summed E-state index contributed by atoms with van der Waals surface area (Å²) in [5, 5.41) is 3.08. The number of hydrogen-bond donors (Lipinski definition) is 2. The van der Waals surface area contributed by atoms with Gasteiger partial charge >= 0.3 is 0 Å². The average molecular weight is 216 g/mol. The summed E-state index contributed by atoms with van der Waals surface area (Å²) >= 11 is 4.05. The van der Waals surface area contributed by atoms with Gasteiger partial charge < -0.3 is 10.2 Å². The van der Waals surface area contributed by atoms with Gasteiger partial charge in [-0.2, -0.15) is 12.6 Å². The summed E-state index contributed by atoms with van der Waals surface area (Å²) in [6, 6.07) is 0.360. The van der Waals surface area contributed by atoms with E-state index in [4.69, 9.17) is 0 Å². The summed E-state index contributed by atoms with van der Waals surface area (Å²) in [7, 11) is 2.13. The molecule has 1 N–H and O–H groups in total. The Balaban J connectivity index is 2.33. The Kier molecular flexibility index (Phi) is 4.75. The normalized spacial score (nSPS) is 28.8. The molecule has 0 aliphatic carbocycles. The first-order chi connectivity index (χ1) is 6.63. The van der Waals surface area contributed by atoms with Gasteiger partial charge in [0.15, 0.2) is 0 Å². The van der Waals surface area contributed by atoms with Gasteiger partial charge in [-0.05, 0) is 31.7 Å². The number of nitrogens with one attached hydrogen (secondary N) is 1. The highest BCUT2D eigenvalue weighted by atomic mass is 32.1. The van der Waals surface area contributed by atoms with Gasteiger partial charge in [-0.25, -0.2) is 0 Å². The van der Waals surface area contributed by atoms with Gasteiger partial charge in [-0.3, -0.25) is 4.79 Å². The molecule has 1 heterocycles. The zero-order valence-electron chi connectivity index (χ0n) is 8.99. The van der Waals surface area contributed by atoms with Crippen LogP contribution in [0.2, 0.25) is 0 Å². The summed E-state index contributed by atoms with van der Waals surface area (Å²) in [6.45, 7) is 4.35. The van der Waals surface area contributed by atoms with Crippen molar-refractivity contribution in [2.75, 3.05) is 25.9 Å². The maximum absolute atomic E-state index is 11.4. The van der Waals surface area contributed by atoms with Crippen LogP contribution >= 0.6 is 12.6 Å². The molecule has 0 spiro atoms. The summed E-state index contributed by atoms with van der Waals surface area (Å²) in [4.78, 5) is 13.7. The van der Waals surface area contributed by atoms with E-state index in [0.29, 0.717) is 24.1 Å². The monoisotopic (exact) mass is 216 g/mol. The van der Waals surface area contributed by atoms with Crippen LogP contribution in [0.4, 0.5) is 0 Å². The van der Waals surface area contributed by atoms with Crippen LogP contribution in [0.3, 0.4) is 0 Å². The van der Waals surface area contributed by atoms with E-state index in [2.05, 4.69) is 36.8 Å². The molecule has 2 atom stereocenters.